The second kappa shape index (κ2) is 12.1. The lowest BCUT2D eigenvalue weighted by Gasteiger charge is -2.45. The first-order chi connectivity index (χ1) is 23.0. The molecule has 266 valence electrons. The van der Waals surface area contributed by atoms with Crippen LogP contribution in [-0.2, 0) is 27.1 Å². The predicted molar refractivity (Wildman–Crippen MR) is 172 cm³/mol. The Labute approximate surface area is 284 Å². The summed E-state index contributed by atoms with van der Waals surface area (Å²) < 4.78 is 62.7. The van der Waals surface area contributed by atoms with Gasteiger partial charge in [0, 0.05) is 29.7 Å². The van der Waals surface area contributed by atoms with Crippen LogP contribution < -0.4 is 23.7 Å². The van der Waals surface area contributed by atoms with E-state index in [9.17, 15) is 14.4 Å². The summed E-state index contributed by atoms with van der Waals surface area (Å²) in [5.41, 5.74) is -1.05. The molecule has 6 rings (SSSR count). The Kier molecular flexibility index (Phi) is 8.43. The third-order valence-electron chi connectivity index (χ3n) is 8.80. The first kappa shape index (κ1) is 34.3. The van der Waals surface area contributed by atoms with Gasteiger partial charge in [0.25, 0.3) is 0 Å². The quantitative estimate of drug-likeness (QED) is 0.274. The van der Waals surface area contributed by atoms with Crippen molar-refractivity contribution >= 4 is 18.2 Å². The van der Waals surface area contributed by atoms with Gasteiger partial charge in [0.15, 0.2) is 29.1 Å². The molecular formula is C35H43FN2O11. The van der Waals surface area contributed by atoms with Crippen LogP contribution in [0.3, 0.4) is 0 Å². The molecule has 0 N–H and O–H groups in total. The number of likely N-dealkylation sites (tertiary alicyclic amines) is 1. The number of carbonyl (C=O) groups is 3. The fraction of sp³-hybridized carbons (Fsp3) is 0.571. The Bertz CT molecular complexity index is 1690. The summed E-state index contributed by atoms with van der Waals surface area (Å²) in [4.78, 5) is 42.9. The van der Waals surface area contributed by atoms with E-state index in [4.69, 9.17) is 37.9 Å². The number of fused-ring (bicyclic) bond motifs is 3. The zero-order chi connectivity index (χ0) is 35.6. The van der Waals surface area contributed by atoms with Crippen molar-refractivity contribution in [2.75, 3.05) is 47.8 Å². The number of alkyl halides is 1. The van der Waals surface area contributed by atoms with Gasteiger partial charge in [0.05, 0.1) is 34.4 Å². The number of hydrogen-bond acceptors (Lipinski definition) is 11. The molecule has 0 aromatic heterocycles. The lowest BCUT2D eigenvalue weighted by molar-refractivity contribution is -0.0506. The number of rotatable bonds is 6. The fourth-order valence-corrected chi connectivity index (χ4v) is 6.97. The van der Waals surface area contributed by atoms with E-state index in [-0.39, 0.29) is 62.1 Å². The van der Waals surface area contributed by atoms with E-state index < -0.39 is 47.2 Å². The Morgan fingerprint density at radius 3 is 2.16 bits per heavy atom. The Hall–Kier alpha value is -4.62. The topological polar surface area (TPSA) is 132 Å². The van der Waals surface area contributed by atoms with Crippen LogP contribution in [0.2, 0.25) is 0 Å². The standard InChI is InChI=1S/C35H43FN2O11/c1-33(2,3)48-31(40)37-15-35(36,16-37)14-20-18-12-13-38(32(41)49-34(4,5)6)24(22(18)28(44-9)29-26(20)45-17-46-29)25-19-10-11-21(42-7)27(43-8)23(19)30(39)47-25/h10-11,24-25H,12-17H2,1-9H3/t24-,25+/m1/s1. The maximum absolute atomic E-state index is 16.5. The van der Waals surface area contributed by atoms with Gasteiger partial charge in [-0.05, 0) is 59.6 Å². The number of hydrogen-bond donors (Lipinski definition) is 0. The molecule has 49 heavy (non-hydrogen) atoms. The lowest BCUT2D eigenvalue weighted by Crippen LogP contribution is -2.62. The average molecular weight is 687 g/mol. The van der Waals surface area contributed by atoms with Crippen molar-refractivity contribution in [3.05, 3.63) is 39.9 Å². The van der Waals surface area contributed by atoms with E-state index in [1.807, 2.05) is 0 Å². The second-order valence-corrected chi connectivity index (χ2v) is 14.6. The number of amides is 2. The van der Waals surface area contributed by atoms with Crippen LogP contribution in [0.4, 0.5) is 14.0 Å². The molecule has 4 heterocycles. The number of cyclic esters (lactones) is 1. The molecule has 1 fully saturated rings. The van der Waals surface area contributed by atoms with Gasteiger partial charge in [-0.15, -0.1) is 0 Å². The first-order valence-electron chi connectivity index (χ1n) is 16.1. The first-order valence-corrected chi connectivity index (χ1v) is 16.1. The SMILES string of the molecule is COc1ccc2c(c1OC)C(=O)O[C@@H]2[C@H]1c2c(c(CC3(F)CN(C(=O)OC(C)(C)C)C3)c3c(c2OC)OCO3)CCN1C(=O)OC(C)(C)C. The summed E-state index contributed by atoms with van der Waals surface area (Å²) in [7, 11) is 4.35. The van der Waals surface area contributed by atoms with Gasteiger partial charge in [-0.25, -0.2) is 18.8 Å². The molecule has 0 radical (unpaired) electrons. The predicted octanol–water partition coefficient (Wildman–Crippen LogP) is 5.69. The van der Waals surface area contributed by atoms with Crippen molar-refractivity contribution in [1.82, 2.24) is 9.80 Å². The van der Waals surface area contributed by atoms with Gasteiger partial charge in [-0.2, -0.15) is 0 Å². The highest BCUT2D eigenvalue weighted by molar-refractivity contribution is 5.98. The molecule has 0 spiro atoms. The van der Waals surface area contributed by atoms with Crippen molar-refractivity contribution in [3.8, 4) is 28.7 Å². The van der Waals surface area contributed by atoms with Crippen LogP contribution in [0.15, 0.2) is 12.1 Å². The number of halogens is 1. The van der Waals surface area contributed by atoms with Gasteiger partial charge in [-0.1, -0.05) is 6.07 Å². The van der Waals surface area contributed by atoms with E-state index in [1.165, 1.54) is 31.1 Å². The third-order valence-corrected chi connectivity index (χ3v) is 8.80. The summed E-state index contributed by atoms with van der Waals surface area (Å²) in [5, 5.41) is 0. The zero-order valence-corrected chi connectivity index (χ0v) is 29.3. The molecule has 0 bridgehead atoms. The molecule has 13 nitrogen and oxygen atoms in total. The largest absolute Gasteiger partial charge is 0.493 e. The van der Waals surface area contributed by atoms with Crippen molar-refractivity contribution in [1.29, 1.82) is 0 Å². The summed E-state index contributed by atoms with van der Waals surface area (Å²) in [6, 6.07) is 2.38. The Morgan fingerprint density at radius 2 is 1.55 bits per heavy atom. The van der Waals surface area contributed by atoms with Crippen LogP contribution in [-0.4, -0.2) is 92.6 Å². The van der Waals surface area contributed by atoms with Gasteiger partial charge in [0.1, 0.15) is 28.5 Å². The van der Waals surface area contributed by atoms with Crippen LogP contribution >= 0.6 is 0 Å². The number of esters is 1. The minimum atomic E-state index is -1.80. The molecule has 0 unspecified atom stereocenters. The summed E-state index contributed by atoms with van der Waals surface area (Å²) in [6.07, 6.45) is -2.11. The van der Waals surface area contributed by atoms with Gasteiger partial charge in [-0.3, -0.25) is 4.90 Å². The van der Waals surface area contributed by atoms with Gasteiger partial charge >= 0.3 is 18.2 Å². The Balaban J connectivity index is 1.48. The Morgan fingerprint density at radius 1 is 0.918 bits per heavy atom. The van der Waals surface area contributed by atoms with Gasteiger partial charge in [0.2, 0.25) is 12.5 Å². The molecule has 2 aromatic rings. The number of benzene rings is 2. The fourth-order valence-electron chi connectivity index (χ4n) is 6.97. The van der Waals surface area contributed by atoms with Crippen molar-refractivity contribution in [2.45, 2.75) is 83.4 Å². The number of carbonyl (C=O) groups excluding carboxylic acids is 3. The molecule has 2 amide bonds. The molecule has 0 saturated carbocycles. The molecule has 4 aliphatic heterocycles. The van der Waals surface area contributed by atoms with Crippen molar-refractivity contribution in [3.63, 3.8) is 0 Å². The maximum atomic E-state index is 16.5. The number of ether oxygens (including phenoxy) is 8. The smallest absolute Gasteiger partial charge is 0.410 e. The van der Waals surface area contributed by atoms with E-state index in [0.717, 1.165) is 0 Å². The maximum Gasteiger partial charge on any atom is 0.410 e. The van der Waals surface area contributed by atoms with Crippen LogP contribution in [0.25, 0.3) is 0 Å². The minimum Gasteiger partial charge on any atom is -0.493 e. The highest BCUT2D eigenvalue weighted by Gasteiger charge is 2.53. The lowest BCUT2D eigenvalue weighted by atomic mass is 9.79. The normalized spacial score (nSPS) is 20.5. The monoisotopic (exact) mass is 686 g/mol. The van der Waals surface area contributed by atoms with Crippen LogP contribution in [0, 0.1) is 0 Å². The molecule has 2 aromatic carbocycles. The summed E-state index contributed by atoms with van der Waals surface area (Å²) in [6.45, 7) is 10.2. The number of methoxy groups -OCH3 is 3. The molecule has 14 heteroatoms. The summed E-state index contributed by atoms with van der Waals surface area (Å²) >= 11 is 0. The zero-order valence-electron chi connectivity index (χ0n) is 29.3. The molecular weight excluding hydrogens is 643 g/mol. The average Bonchev–Trinajstić information content (AvgIpc) is 3.61. The van der Waals surface area contributed by atoms with Gasteiger partial charge < -0.3 is 42.8 Å². The minimum absolute atomic E-state index is 0.116. The van der Waals surface area contributed by atoms with Crippen molar-refractivity contribution < 1.29 is 56.7 Å². The van der Waals surface area contributed by atoms with E-state index >= 15 is 4.39 Å². The summed E-state index contributed by atoms with van der Waals surface area (Å²) in [5.74, 6) is 0.728. The molecule has 1 saturated heterocycles. The third kappa shape index (κ3) is 6.10. The van der Waals surface area contributed by atoms with Crippen molar-refractivity contribution in [2.24, 2.45) is 0 Å². The van der Waals surface area contributed by atoms with Crippen LogP contribution in [0.1, 0.15) is 86.3 Å². The van der Waals surface area contributed by atoms with E-state index in [1.54, 1.807) is 53.7 Å². The van der Waals surface area contributed by atoms with E-state index in [0.29, 0.717) is 33.8 Å². The van der Waals surface area contributed by atoms with E-state index in [2.05, 4.69) is 0 Å². The van der Waals surface area contributed by atoms with Crippen LogP contribution in [0.5, 0.6) is 28.7 Å². The molecule has 4 aliphatic rings. The number of nitrogens with zero attached hydrogens (tertiary/aromatic N) is 2. The highest BCUT2D eigenvalue weighted by atomic mass is 19.1. The molecule has 0 aliphatic carbocycles. The highest BCUT2D eigenvalue weighted by Crippen LogP contribution is 2.58. The second-order valence-electron chi connectivity index (χ2n) is 14.6. The molecule has 2 atom stereocenters.